The van der Waals surface area contributed by atoms with Gasteiger partial charge < -0.3 is 15.7 Å². The predicted octanol–water partition coefficient (Wildman–Crippen LogP) is 1.49. The molecule has 1 unspecified atom stereocenters. The van der Waals surface area contributed by atoms with Crippen molar-refractivity contribution in [2.45, 2.75) is 46.1 Å². The second-order valence-electron chi connectivity index (χ2n) is 4.87. The standard InChI is InChI=1S/C11H24N2O2/c1-5-9(6-7-14)8-12-10(15)13-11(2,3)4/h9,14H,5-8H2,1-4H3,(H2,12,13,15). The first-order chi connectivity index (χ1) is 6.89. The smallest absolute Gasteiger partial charge is 0.315 e. The molecule has 0 spiro atoms. The van der Waals surface area contributed by atoms with Gasteiger partial charge in [0.1, 0.15) is 0 Å². The monoisotopic (exact) mass is 216 g/mol. The lowest BCUT2D eigenvalue weighted by atomic mass is 10.0. The molecule has 0 aromatic carbocycles. The van der Waals surface area contributed by atoms with Crippen LogP contribution >= 0.6 is 0 Å². The summed E-state index contributed by atoms with van der Waals surface area (Å²) >= 11 is 0. The van der Waals surface area contributed by atoms with Crippen LogP contribution in [0.3, 0.4) is 0 Å². The zero-order valence-electron chi connectivity index (χ0n) is 10.3. The summed E-state index contributed by atoms with van der Waals surface area (Å²) in [7, 11) is 0. The SMILES string of the molecule is CCC(CCO)CNC(=O)NC(C)(C)C. The fraction of sp³-hybridized carbons (Fsp3) is 0.909. The van der Waals surface area contributed by atoms with Crippen molar-refractivity contribution < 1.29 is 9.90 Å². The molecule has 0 saturated carbocycles. The van der Waals surface area contributed by atoms with Gasteiger partial charge in [-0.15, -0.1) is 0 Å². The maximum Gasteiger partial charge on any atom is 0.315 e. The summed E-state index contributed by atoms with van der Waals surface area (Å²) in [6, 6.07) is -0.140. The topological polar surface area (TPSA) is 61.4 Å². The minimum absolute atomic E-state index is 0.140. The van der Waals surface area contributed by atoms with E-state index in [1.54, 1.807) is 0 Å². The Labute approximate surface area is 92.4 Å². The summed E-state index contributed by atoms with van der Waals surface area (Å²) in [6.07, 6.45) is 1.71. The zero-order chi connectivity index (χ0) is 11.9. The molecule has 3 N–H and O–H groups in total. The van der Waals surface area contributed by atoms with Gasteiger partial charge in [-0.1, -0.05) is 13.3 Å². The Morgan fingerprint density at radius 1 is 1.40 bits per heavy atom. The zero-order valence-corrected chi connectivity index (χ0v) is 10.3. The third-order valence-corrected chi connectivity index (χ3v) is 2.15. The molecule has 0 aromatic rings. The lowest BCUT2D eigenvalue weighted by Crippen LogP contribution is -2.47. The van der Waals surface area contributed by atoms with Crippen molar-refractivity contribution in [3.63, 3.8) is 0 Å². The lowest BCUT2D eigenvalue weighted by molar-refractivity contribution is 0.223. The molecule has 0 fully saturated rings. The third kappa shape index (κ3) is 8.24. The van der Waals surface area contributed by atoms with Gasteiger partial charge >= 0.3 is 6.03 Å². The molecular weight excluding hydrogens is 192 g/mol. The van der Waals surface area contributed by atoms with E-state index >= 15 is 0 Å². The Balaban J connectivity index is 3.78. The van der Waals surface area contributed by atoms with Gasteiger partial charge in [-0.3, -0.25) is 0 Å². The van der Waals surface area contributed by atoms with Gasteiger partial charge in [-0.25, -0.2) is 4.79 Å². The average molecular weight is 216 g/mol. The quantitative estimate of drug-likeness (QED) is 0.652. The first-order valence-electron chi connectivity index (χ1n) is 5.56. The number of hydrogen-bond donors (Lipinski definition) is 3. The van der Waals surface area contributed by atoms with Gasteiger partial charge in [-0.05, 0) is 33.1 Å². The van der Waals surface area contributed by atoms with Crippen LogP contribution in [-0.2, 0) is 0 Å². The summed E-state index contributed by atoms with van der Waals surface area (Å²) in [6.45, 7) is 8.69. The second kappa shape index (κ2) is 6.67. The molecule has 4 nitrogen and oxygen atoms in total. The molecule has 90 valence electrons. The molecule has 2 amide bonds. The fourth-order valence-electron chi connectivity index (χ4n) is 1.25. The molecule has 0 saturated heterocycles. The molecule has 0 aliphatic heterocycles. The van der Waals surface area contributed by atoms with Crippen molar-refractivity contribution in [1.82, 2.24) is 10.6 Å². The molecule has 0 radical (unpaired) electrons. The van der Waals surface area contributed by atoms with Crippen LogP contribution in [0.1, 0.15) is 40.5 Å². The number of aliphatic hydroxyl groups is 1. The van der Waals surface area contributed by atoms with Crippen LogP contribution in [-0.4, -0.2) is 29.8 Å². The number of carbonyl (C=O) groups is 1. The van der Waals surface area contributed by atoms with E-state index in [9.17, 15) is 4.79 Å². The van der Waals surface area contributed by atoms with Crippen LogP contribution in [0, 0.1) is 5.92 Å². The summed E-state index contributed by atoms with van der Waals surface area (Å²) in [5.74, 6) is 0.362. The number of urea groups is 1. The minimum Gasteiger partial charge on any atom is -0.396 e. The van der Waals surface area contributed by atoms with Gasteiger partial charge in [-0.2, -0.15) is 0 Å². The normalized spacial score (nSPS) is 13.4. The molecule has 1 atom stereocenters. The van der Waals surface area contributed by atoms with E-state index in [2.05, 4.69) is 17.6 Å². The fourth-order valence-corrected chi connectivity index (χ4v) is 1.25. The number of aliphatic hydroxyl groups excluding tert-OH is 1. The first kappa shape index (κ1) is 14.2. The van der Waals surface area contributed by atoms with Gasteiger partial charge in [0.15, 0.2) is 0 Å². The van der Waals surface area contributed by atoms with Crippen molar-refractivity contribution in [2.24, 2.45) is 5.92 Å². The van der Waals surface area contributed by atoms with Crippen molar-refractivity contribution in [1.29, 1.82) is 0 Å². The van der Waals surface area contributed by atoms with Crippen molar-refractivity contribution in [2.75, 3.05) is 13.2 Å². The van der Waals surface area contributed by atoms with E-state index in [1.807, 2.05) is 20.8 Å². The van der Waals surface area contributed by atoms with E-state index in [0.29, 0.717) is 12.5 Å². The summed E-state index contributed by atoms with van der Waals surface area (Å²) in [5, 5.41) is 14.4. The molecule has 0 aliphatic rings. The second-order valence-corrected chi connectivity index (χ2v) is 4.87. The Morgan fingerprint density at radius 2 is 2.00 bits per heavy atom. The van der Waals surface area contributed by atoms with Gasteiger partial charge in [0, 0.05) is 18.7 Å². The predicted molar refractivity (Wildman–Crippen MR) is 61.8 cm³/mol. The lowest BCUT2D eigenvalue weighted by Gasteiger charge is -2.22. The summed E-state index contributed by atoms with van der Waals surface area (Å²) < 4.78 is 0. The maximum atomic E-state index is 11.4. The minimum atomic E-state index is -0.206. The first-order valence-corrected chi connectivity index (χ1v) is 5.56. The molecule has 4 heteroatoms. The molecule has 0 bridgehead atoms. The molecule has 0 rings (SSSR count). The molecular formula is C11H24N2O2. The van der Waals surface area contributed by atoms with E-state index in [4.69, 9.17) is 5.11 Å². The van der Waals surface area contributed by atoms with Crippen molar-refractivity contribution in [3.8, 4) is 0 Å². The van der Waals surface area contributed by atoms with Gasteiger partial charge in [0.2, 0.25) is 0 Å². The van der Waals surface area contributed by atoms with E-state index in [0.717, 1.165) is 12.8 Å². The highest BCUT2D eigenvalue weighted by atomic mass is 16.3. The Kier molecular flexibility index (Phi) is 6.32. The van der Waals surface area contributed by atoms with Crippen LogP contribution in [0.2, 0.25) is 0 Å². The molecule has 0 aliphatic carbocycles. The summed E-state index contributed by atoms with van der Waals surface area (Å²) in [5.41, 5.74) is -0.206. The number of carbonyl (C=O) groups excluding carboxylic acids is 1. The Hall–Kier alpha value is -0.770. The highest BCUT2D eigenvalue weighted by Crippen LogP contribution is 2.05. The van der Waals surface area contributed by atoms with Crippen LogP contribution < -0.4 is 10.6 Å². The largest absolute Gasteiger partial charge is 0.396 e. The number of nitrogens with one attached hydrogen (secondary N) is 2. The highest BCUT2D eigenvalue weighted by Gasteiger charge is 2.14. The van der Waals surface area contributed by atoms with Gasteiger partial charge in [0.05, 0.1) is 0 Å². The number of amides is 2. The van der Waals surface area contributed by atoms with E-state index in [1.165, 1.54) is 0 Å². The Morgan fingerprint density at radius 3 is 2.40 bits per heavy atom. The van der Waals surface area contributed by atoms with Crippen LogP contribution in [0.4, 0.5) is 4.79 Å². The van der Waals surface area contributed by atoms with E-state index < -0.39 is 0 Å². The Bertz CT molecular complexity index is 188. The van der Waals surface area contributed by atoms with Crippen LogP contribution in [0.25, 0.3) is 0 Å². The van der Waals surface area contributed by atoms with Crippen LogP contribution in [0.5, 0.6) is 0 Å². The highest BCUT2D eigenvalue weighted by molar-refractivity contribution is 5.74. The van der Waals surface area contributed by atoms with Crippen molar-refractivity contribution >= 4 is 6.03 Å². The number of hydrogen-bond acceptors (Lipinski definition) is 2. The number of rotatable bonds is 5. The summed E-state index contributed by atoms with van der Waals surface area (Å²) in [4.78, 5) is 11.4. The van der Waals surface area contributed by atoms with Crippen molar-refractivity contribution in [3.05, 3.63) is 0 Å². The van der Waals surface area contributed by atoms with Gasteiger partial charge in [0.25, 0.3) is 0 Å². The molecule has 0 heterocycles. The molecule has 0 aromatic heterocycles. The third-order valence-electron chi connectivity index (χ3n) is 2.15. The molecule has 15 heavy (non-hydrogen) atoms. The average Bonchev–Trinajstić information content (AvgIpc) is 2.09. The van der Waals surface area contributed by atoms with Crippen LogP contribution in [0.15, 0.2) is 0 Å². The van der Waals surface area contributed by atoms with E-state index in [-0.39, 0.29) is 18.2 Å². The maximum absolute atomic E-state index is 11.4.